The molecule has 0 bridgehead atoms. The third kappa shape index (κ3) is 1.89. The predicted octanol–water partition coefficient (Wildman–Crippen LogP) is -0.130. The Kier molecular flexibility index (Phi) is 2.83. The highest BCUT2D eigenvalue weighted by atomic mass is 16.4. The van der Waals surface area contributed by atoms with E-state index >= 15 is 0 Å². The molecule has 1 atom stereocenters. The van der Waals surface area contributed by atoms with Crippen LogP contribution >= 0.6 is 0 Å². The number of hydrogen-bond acceptors (Lipinski definition) is 3. The molecule has 74 valence electrons. The molecule has 1 amide bonds. The van der Waals surface area contributed by atoms with Crippen molar-refractivity contribution in [3.8, 4) is 0 Å². The van der Waals surface area contributed by atoms with E-state index in [-0.39, 0.29) is 11.1 Å². The molecule has 0 aromatic heterocycles. The second-order valence-electron chi connectivity index (χ2n) is 2.77. The molecule has 0 spiro atoms. The van der Waals surface area contributed by atoms with E-state index in [1.807, 2.05) is 0 Å². The van der Waals surface area contributed by atoms with Gasteiger partial charge in [0.25, 0.3) is 0 Å². The van der Waals surface area contributed by atoms with E-state index < -0.39 is 17.9 Å². The van der Waals surface area contributed by atoms with Crippen LogP contribution in [0.2, 0.25) is 0 Å². The van der Waals surface area contributed by atoms with Crippen molar-refractivity contribution in [1.29, 1.82) is 0 Å². The Bertz CT molecular complexity index is 376. The molecular weight excluding hydrogens is 184 g/mol. The van der Waals surface area contributed by atoms with Crippen LogP contribution in [0.5, 0.6) is 0 Å². The summed E-state index contributed by atoms with van der Waals surface area (Å²) in [6.45, 7) is 0. The molecule has 14 heavy (non-hydrogen) atoms. The van der Waals surface area contributed by atoms with Gasteiger partial charge < -0.3 is 16.6 Å². The van der Waals surface area contributed by atoms with Crippen LogP contribution in [0, 0.1) is 0 Å². The summed E-state index contributed by atoms with van der Waals surface area (Å²) in [7, 11) is 0. The minimum absolute atomic E-state index is 0.141. The molecule has 0 unspecified atom stereocenters. The molecule has 0 saturated carbocycles. The molecule has 0 radical (unpaired) electrons. The number of carboxylic acids is 1. The summed E-state index contributed by atoms with van der Waals surface area (Å²) in [5.74, 6) is -1.88. The molecule has 1 aromatic carbocycles. The van der Waals surface area contributed by atoms with E-state index in [4.69, 9.17) is 16.6 Å². The largest absolute Gasteiger partial charge is 0.480 e. The molecule has 0 aliphatic carbocycles. The van der Waals surface area contributed by atoms with Crippen molar-refractivity contribution >= 4 is 11.9 Å². The summed E-state index contributed by atoms with van der Waals surface area (Å²) < 4.78 is 0. The van der Waals surface area contributed by atoms with Gasteiger partial charge in [0, 0.05) is 5.56 Å². The Morgan fingerprint density at radius 2 is 1.86 bits per heavy atom. The van der Waals surface area contributed by atoms with Gasteiger partial charge in [0.05, 0.1) is 0 Å². The molecule has 0 aliphatic heterocycles. The Hall–Kier alpha value is -1.88. The van der Waals surface area contributed by atoms with Gasteiger partial charge in [-0.1, -0.05) is 18.2 Å². The van der Waals surface area contributed by atoms with Crippen LogP contribution in [0.1, 0.15) is 22.0 Å². The number of primary amides is 1. The molecule has 5 nitrogen and oxygen atoms in total. The van der Waals surface area contributed by atoms with Crippen molar-refractivity contribution in [3.63, 3.8) is 0 Å². The molecule has 0 fully saturated rings. The SMILES string of the molecule is NC(=O)c1ccccc1[C@H](N)C(=O)O. The van der Waals surface area contributed by atoms with Gasteiger partial charge in [0.15, 0.2) is 0 Å². The van der Waals surface area contributed by atoms with Crippen molar-refractivity contribution in [1.82, 2.24) is 0 Å². The van der Waals surface area contributed by atoms with Crippen molar-refractivity contribution in [3.05, 3.63) is 35.4 Å². The Morgan fingerprint density at radius 3 is 2.36 bits per heavy atom. The standard InChI is InChI=1S/C9H10N2O3/c10-7(9(13)14)5-3-1-2-4-6(5)8(11)12/h1-4,7H,10H2,(H2,11,12)(H,13,14)/t7-/m0/s1. The molecular formula is C9H10N2O3. The monoisotopic (exact) mass is 194 g/mol. The quantitative estimate of drug-likeness (QED) is 0.623. The van der Waals surface area contributed by atoms with Gasteiger partial charge in [0.1, 0.15) is 6.04 Å². The van der Waals surface area contributed by atoms with Gasteiger partial charge in [-0.05, 0) is 11.6 Å². The van der Waals surface area contributed by atoms with Crippen molar-refractivity contribution in [2.75, 3.05) is 0 Å². The van der Waals surface area contributed by atoms with Crippen LogP contribution < -0.4 is 11.5 Å². The van der Waals surface area contributed by atoms with Crippen LogP contribution in [0.4, 0.5) is 0 Å². The smallest absolute Gasteiger partial charge is 0.325 e. The highest BCUT2D eigenvalue weighted by Crippen LogP contribution is 2.15. The number of carbonyl (C=O) groups is 2. The van der Waals surface area contributed by atoms with Crippen LogP contribution in [-0.2, 0) is 4.79 Å². The lowest BCUT2D eigenvalue weighted by Crippen LogP contribution is -2.25. The average Bonchev–Trinajstić information content (AvgIpc) is 2.16. The summed E-state index contributed by atoms with van der Waals surface area (Å²) in [4.78, 5) is 21.5. The van der Waals surface area contributed by atoms with Gasteiger partial charge in [-0.2, -0.15) is 0 Å². The maximum absolute atomic E-state index is 10.9. The Morgan fingerprint density at radius 1 is 1.29 bits per heavy atom. The Balaban J connectivity index is 3.19. The maximum Gasteiger partial charge on any atom is 0.325 e. The molecule has 5 N–H and O–H groups in total. The van der Waals surface area contributed by atoms with E-state index in [0.29, 0.717) is 0 Å². The first kappa shape index (κ1) is 10.2. The van der Waals surface area contributed by atoms with E-state index in [0.717, 1.165) is 0 Å². The van der Waals surface area contributed by atoms with Gasteiger partial charge >= 0.3 is 5.97 Å². The topological polar surface area (TPSA) is 106 Å². The fourth-order valence-corrected chi connectivity index (χ4v) is 1.13. The van der Waals surface area contributed by atoms with Crippen LogP contribution in [-0.4, -0.2) is 17.0 Å². The fraction of sp³-hybridized carbons (Fsp3) is 0.111. The zero-order chi connectivity index (χ0) is 10.7. The predicted molar refractivity (Wildman–Crippen MR) is 49.5 cm³/mol. The van der Waals surface area contributed by atoms with Gasteiger partial charge in [0.2, 0.25) is 5.91 Å². The normalized spacial score (nSPS) is 12.1. The number of hydrogen-bond donors (Lipinski definition) is 3. The Labute approximate surface area is 80.3 Å². The van der Waals surface area contributed by atoms with E-state index in [2.05, 4.69) is 0 Å². The van der Waals surface area contributed by atoms with Crippen molar-refractivity contribution in [2.24, 2.45) is 11.5 Å². The second-order valence-corrected chi connectivity index (χ2v) is 2.77. The summed E-state index contributed by atoms with van der Waals surface area (Å²) >= 11 is 0. The molecule has 1 aromatic rings. The van der Waals surface area contributed by atoms with Crippen LogP contribution in [0.3, 0.4) is 0 Å². The van der Waals surface area contributed by atoms with Crippen LogP contribution in [0.25, 0.3) is 0 Å². The first-order valence-electron chi connectivity index (χ1n) is 3.91. The fourth-order valence-electron chi connectivity index (χ4n) is 1.13. The zero-order valence-electron chi connectivity index (χ0n) is 7.31. The molecule has 1 rings (SSSR count). The van der Waals surface area contributed by atoms with Gasteiger partial charge in [-0.3, -0.25) is 9.59 Å². The summed E-state index contributed by atoms with van der Waals surface area (Å²) in [5, 5.41) is 8.66. The number of carbonyl (C=O) groups excluding carboxylic acids is 1. The molecule has 5 heteroatoms. The number of nitrogens with two attached hydrogens (primary N) is 2. The third-order valence-corrected chi connectivity index (χ3v) is 1.83. The highest BCUT2D eigenvalue weighted by Gasteiger charge is 2.19. The summed E-state index contributed by atoms with van der Waals surface area (Å²) in [6.07, 6.45) is 0. The number of benzene rings is 1. The lowest BCUT2D eigenvalue weighted by molar-refractivity contribution is -0.138. The van der Waals surface area contributed by atoms with Crippen LogP contribution in [0.15, 0.2) is 24.3 Å². The lowest BCUT2D eigenvalue weighted by atomic mass is 10.0. The number of aliphatic carboxylic acids is 1. The van der Waals surface area contributed by atoms with E-state index in [1.54, 1.807) is 12.1 Å². The lowest BCUT2D eigenvalue weighted by Gasteiger charge is -2.09. The molecule has 0 saturated heterocycles. The zero-order valence-corrected chi connectivity index (χ0v) is 7.31. The number of carboxylic acid groups (broad SMARTS) is 1. The van der Waals surface area contributed by atoms with Gasteiger partial charge in [-0.25, -0.2) is 0 Å². The number of rotatable bonds is 3. The van der Waals surface area contributed by atoms with Crippen molar-refractivity contribution in [2.45, 2.75) is 6.04 Å². The van der Waals surface area contributed by atoms with E-state index in [9.17, 15) is 9.59 Å². The van der Waals surface area contributed by atoms with E-state index in [1.165, 1.54) is 12.1 Å². The highest BCUT2D eigenvalue weighted by molar-refractivity contribution is 5.96. The number of amides is 1. The first-order valence-corrected chi connectivity index (χ1v) is 3.91. The molecule has 0 heterocycles. The average molecular weight is 194 g/mol. The minimum Gasteiger partial charge on any atom is -0.480 e. The summed E-state index contributed by atoms with van der Waals surface area (Å²) in [6, 6.07) is 4.89. The van der Waals surface area contributed by atoms with Crippen molar-refractivity contribution < 1.29 is 14.7 Å². The summed E-state index contributed by atoms with van der Waals surface area (Å²) in [5.41, 5.74) is 10.8. The third-order valence-electron chi connectivity index (χ3n) is 1.83. The first-order chi connectivity index (χ1) is 6.54. The minimum atomic E-state index is -1.22. The van der Waals surface area contributed by atoms with Gasteiger partial charge in [-0.15, -0.1) is 0 Å². The second kappa shape index (κ2) is 3.89. The maximum atomic E-state index is 10.9. The molecule has 0 aliphatic rings.